The SMILES string of the molecule is CCCCN(C)CCNC(=O)C(N)C(C)CC. The van der Waals surface area contributed by atoms with Crippen LogP contribution in [0.3, 0.4) is 0 Å². The highest BCUT2D eigenvalue weighted by Gasteiger charge is 2.18. The van der Waals surface area contributed by atoms with Gasteiger partial charge in [-0.05, 0) is 25.9 Å². The van der Waals surface area contributed by atoms with Crippen LogP contribution in [0.5, 0.6) is 0 Å². The van der Waals surface area contributed by atoms with Crippen LogP contribution in [0.15, 0.2) is 0 Å². The lowest BCUT2D eigenvalue weighted by Gasteiger charge is -2.20. The molecule has 102 valence electrons. The van der Waals surface area contributed by atoms with E-state index in [1.54, 1.807) is 0 Å². The largest absolute Gasteiger partial charge is 0.353 e. The number of nitrogens with one attached hydrogen (secondary N) is 1. The molecule has 0 aromatic carbocycles. The van der Waals surface area contributed by atoms with E-state index in [2.05, 4.69) is 31.1 Å². The van der Waals surface area contributed by atoms with Crippen molar-refractivity contribution in [2.24, 2.45) is 11.7 Å². The van der Waals surface area contributed by atoms with Crippen LogP contribution in [0.2, 0.25) is 0 Å². The fourth-order valence-electron chi connectivity index (χ4n) is 1.54. The molecule has 0 saturated heterocycles. The molecule has 4 nitrogen and oxygen atoms in total. The third-order valence-electron chi connectivity index (χ3n) is 3.25. The summed E-state index contributed by atoms with van der Waals surface area (Å²) in [4.78, 5) is 13.9. The Balaban J connectivity index is 3.70. The van der Waals surface area contributed by atoms with Gasteiger partial charge in [-0.3, -0.25) is 4.79 Å². The highest BCUT2D eigenvalue weighted by Crippen LogP contribution is 2.04. The van der Waals surface area contributed by atoms with Crippen molar-refractivity contribution in [2.75, 3.05) is 26.7 Å². The van der Waals surface area contributed by atoms with Crippen molar-refractivity contribution in [3.63, 3.8) is 0 Å². The molecule has 1 amide bonds. The summed E-state index contributed by atoms with van der Waals surface area (Å²) in [6.07, 6.45) is 3.34. The van der Waals surface area contributed by atoms with E-state index < -0.39 is 0 Å². The van der Waals surface area contributed by atoms with Crippen molar-refractivity contribution < 1.29 is 4.79 Å². The number of hydrogen-bond acceptors (Lipinski definition) is 3. The maximum Gasteiger partial charge on any atom is 0.237 e. The van der Waals surface area contributed by atoms with Gasteiger partial charge in [0.05, 0.1) is 6.04 Å². The van der Waals surface area contributed by atoms with Gasteiger partial charge in [-0.25, -0.2) is 0 Å². The first kappa shape index (κ1) is 16.4. The van der Waals surface area contributed by atoms with E-state index >= 15 is 0 Å². The average molecular weight is 243 g/mol. The predicted molar refractivity (Wildman–Crippen MR) is 72.8 cm³/mol. The van der Waals surface area contributed by atoms with Gasteiger partial charge in [0.25, 0.3) is 0 Å². The van der Waals surface area contributed by atoms with E-state index in [4.69, 9.17) is 5.73 Å². The van der Waals surface area contributed by atoms with E-state index in [0.717, 1.165) is 19.5 Å². The molecule has 0 aliphatic rings. The number of nitrogens with two attached hydrogens (primary N) is 1. The van der Waals surface area contributed by atoms with Crippen molar-refractivity contribution in [2.45, 2.75) is 46.1 Å². The summed E-state index contributed by atoms with van der Waals surface area (Å²) >= 11 is 0. The minimum absolute atomic E-state index is 0.0248. The first-order valence-electron chi connectivity index (χ1n) is 6.74. The molecule has 2 atom stereocenters. The fourth-order valence-corrected chi connectivity index (χ4v) is 1.54. The molecular weight excluding hydrogens is 214 g/mol. The molecule has 0 rings (SSSR count). The summed E-state index contributed by atoms with van der Waals surface area (Å²) in [6, 6.07) is -0.374. The number of rotatable bonds is 9. The van der Waals surface area contributed by atoms with Crippen molar-refractivity contribution in [1.29, 1.82) is 0 Å². The second-order valence-corrected chi connectivity index (χ2v) is 4.86. The van der Waals surface area contributed by atoms with Crippen molar-refractivity contribution in [1.82, 2.24) is 10.2 Å². The minimum atomic E-state index is -0.374. The molecule has 0 spiro atoms. The Bertz CT molecular complexity index is 209. The second kappa shape index (κ2) is 9.42. The van der Waals surface area contributed by atoms with Gasteiger partial charge in [0, 0.05) is 13.1 Å². The Hall–Kier alpha value is -0.610. The lowest BCUT2D eigenvalue weighted by atomic mass is 9.99. The summed E-state index contributed by atoms with van der Waals surface area (Å²) < 4.78 is 0. The van der Waals surface area contributed by atoms with Crippen molar-refractivity contribution in [3.05, 3.63) is 0 Å². The molecule has 0 radical (unpaired) electrons. The van der Waals surface area contributed by atoms with Crippen LogP contribution in [-0.2, 0) is 4.79 Å². The summed E-state index contributed by atoms with van der Waals surface area (Å²) in [6.45, 7) is 8.90. The molecule has 2 unspecified atom stereocenters. The lowest BCUT2D eigenvalue weighted by molar-refractivity contribution is -0.123. The molecule has 17 heavy (non-hydrogen) atoms. The zero-order chi connectivity index (χ0) is 13.3. The maximum atomic E-state index is 11.7. The van der Waals surface area contributed by atoms with Crippen molar-refractivity contribution in [3.8, 4) is 0 Å². The fraction of sp³-hybridized carbons (Fsp3) is 0.923. The Kier molecular flexibility index (Phi) is 9.09. The monoisotopic (exact) mass is 243 g/mol. The number of hydrogen-bond donors (Lipinski definition) is 2. The molecule has 0 saturated carbocycles. The highest BCUT2D eigenvalue weighted by molar-refractivity contribution is 5.81. The number of nitrogens with zero attached hydrogens (tertiary/aromatic N) is 1. The van der Waals surface area contributed by atoms with Gasteiger partial charge in [0.2, 0.25) is 5.91 Å². The molecule has 0 bridgehead atoms. The van der Waals surface area contributed by atoms with E-state index in [9.17, 15) is 4.79 Å². The van der Waals surface area contributed by atoms with Crippen LogP contribution in [0.25, 0.3) is 0 Å². The lowest BCUT2D eigenvalue weighted by Crippen LogP contribution is -2.46. The first-order chi connectivity index (χ1) is 8.02. The highest BCUT2D eigenvalue weighted by atomic mass is 16.2. The van der Waals surface area contributed by atoms with Crippen LogP contribution in [0, 0.1) is 5.92 Å². The smallest absolute Gasteiger partial charge is 0.237 e. The quantitative estimate of drug-likeness (QED) is 0.640. The third kappa shape index (κ3) is 7.34. The Morgan fingerprint density at radius 2 is 2.00 bits per heavy atom. The summed E-state index contributed by atoms with van der Waals surface area (Å²) in [5.74, 6) is 0.219. The molecule has 0 aliphatic heterocycles. The number of carbonyl (C=O) groups excluding carboxylic acids is 1. The Labute approximate surface area is 106 Å². The normalized spacial score (nSPS) is 14.7. The number of likely N-dealkylation sites (N-methyl/N-ethyl adjacent to an activating group) is 1. The molecule has 0 aromatic heterocycles. The van der Waals surface area contributed by atoms with Gasteiger partial charge in [-0.15, -0.1) is 0 Å². The van der Waals surface area contributed by atoms with E-state index in [1.807, 2.05) is 6.92 Å². The third-order valence-corrected chi connectivity index (χ3v) is 3.25. The Morgan fingerprint density at radius 3 is 2.53 bits per heavy atom. The van der Waals surface area contributed by atoms with Crippen molar-refractivity contribution >= 4 is 5.91 Å². The zero-order valence-electron chi connectivity index (χ0n) is 11.8. The predicted octanol–water partition coefficient (Wildman–Crippen LogP) is 1.21. The van der Waals surface area contributed by atoms with Crippen LogP contribution < -0.4 is 11.1 Å². The van der Waals surface area contributed by atoms with Gasteiger partial charge in [-0.2, -0.15) is 0 Å². The number of carbonyl (C=O) groups is 1. The summed E-state index contributed by atoms with van der Waals surface area (Å²) in [5.41, 5.74) is 5.84. The van der Waals surface area contributed by atoms with Crippen LogP contribution in [-0.4, -0.2) is 43.5 Å². The molecule has 0 aromatic rings. The molecule has 4 heteroatoms. The maximum absolute atomic E-state index is 11.7. The van der Waals surface area contributed by atoms with Gasteiger partial charge in [0.15, 0.2) is 0 Å². The van der Waals surface area contributed by atoms with Crippen LogP contribution in [0.4, 0.5) is 0 Å². The average Bonchev–Trinajstić information content (AvgIpc) is 2.34. The van der Waals surface area contributed by atoms with Gasteiger partial charge >= 0.3 is 0 Å². The molecular formula is C13H29N3O. The molecule has 0 heterocycles. The van der Waals surface area contributed by atoms with Crippen LogP contribution in [0.1, 0.15) is 40.0 Å². The molecule has 0 fully saturated rings. The topological polar surface area (TPSA) is 58.4 Å². The zero-order valence-corrected chi connectivity index (χ0v) is 11.8. The molecule has 3 N–H and O–H groups in total. The number of amides is 1. The first-order valence-corrected chi connectivity index (χ1v) is 6.74. The van der Waals surface area contributed by atoms with E-state index in [0.29, 0.717) is 6.54 Å². The minimum Gasteiger partial charge on any atom is -0.353 e. The number of unbranched alkanes of at least 4 members (excludes halogenated alkanes) is 1. The van der Waals surface area contributed by atoms with Gasteiger partial charge in [-0.1, -0.05) is 33.6 Å². The summed E-state index contributed by atoms with van der Waals surface area (Å²) in [7, 11) is 2.08. The Morgan fingerprint density at radius 1 is 1.35 bits per heavy atom. The van der Waals surface area contributed by atoms with E-state index in [1.165, 1.54) is 12.8 Å². The standard InChI is InChI=1S/C13H29N3O/c1-5-7-9-16(4)10-8-15-13(17)12(14)11(3)6-2/h11-12H,5-10,14H2,1-4H3,(H,15,17). The second-order valence-electron chi connectivity index (χ2n) is 4.86. The van der Waals surface area contributed by atoms with E-state index in [-0.39, 0.29) is 17.9 Å². The summed E-state index contributed by atoms with van der Waals surface area (Å²) in [5, 5.41) is 2.90. The molecule has 0 aliphatic carbocycles. The van der Waals surface area contributed by atoms with Gasteiger partial charge < -0.3 is 16.0 Å². The van der Waals surface area contributed by atoms with Gasteiger partial charge in [0.1, 0.15) is 0 Å². The van der Waals surface area contributed by atoms with Crippen LogP contribution >= 0.6 is 0 Å².